The Labute approximate surface area is 134 Å². The number of aliphatic hydroxyl groups is 1. The number of carbonyl (C=O) groups is 1. The van der Waals surface area contributed by atoms with E-state index in [-0.39, 0.29) is 13.2 Å². The molecule has 0 heterocycles. The maximum absolute atomic E-state index is 11.9. The summed E-state index contributed by atoms with van der Waals surface area (Å²) < 4.78 is 5.20. The van der Waals surface area contributed by atoms with E-state index in [1.54, 1.807) is 31.3 Å². The van der Waals surface area contributed by atoms with Crippen molar-refractivity contribution < 1.29 is 14.6 Å². The van der Waals surface area contributed by atoms with Crippen molar-refractivity contribution in [3.05, 3.63) is 70.7 Å². The average Bonchev–Trinajstić information content (AvgIpc) is 2.54. The van der Waals surface area contributed by atoms with Gasteiger partial charge in [0, 0.05) is 12.1 Å². The highest BCUT2D eigenvalue weighted by atomic mass is 35.5. The maximum atomic E-state index is 11.9. The van der Waals surface area contributed by atoms with E-state index in [2.05, 4.69) is 0 Å². The van der Waals surface area contributed by atoms with Crippen LogP contribution in [0.15, 0.2) is 54.6 Å². The van der Waals surface area contributed by atoms with Crippen LogP contribution in [0.25, 0.3) is 0 Å². The molecule has 1 amide bonds. The first-order valence-electron chi connectivity index (χ1n) is 6.91. The monoisotopic (exact) mass is 319 g/mol. The fourth-order valence-electron chi connectivity index (χ4n) is 1.95. The molecular weight excluding hydrogens is 302 g/mol. The Kier molecular flexibility index (Phi) is 5.81. The van der Waals surface area contributed by atoms with Crippen LogP contribution >= 0.6 is 11.6 Å². The van der Waals surface area contributed by atoms with E-state index in [0.29, 0.717) is 10.6 Å². The van der Waals surface area contributed by atoms with Crippen molar-refractivity contribution >= 4 is 17.7 Å². The number of carbonyl (C=O) groups excluding carboxylic acids is 1. The molecular formula is C17H18ClNO3. The molecule has 0 aliphatic carbocycles. The molecule has 0 spiro atoms. The molecule has 5 heteroatoms. The molecule has 2 aromatic rings. The highest BCUT2D eigenvalue weighted by Gasteiger charge is 2.16. The van der Waals surface area contributed by atoms with Gasteiger partial charge in [0.1, 0.15) is 6.61 Å². The first-order chi connectivity index (χ1) is 10.6. The van der Waals surface area contributed by atoms with Crippen LogP contribution in [0.2, 0.25) is 5.02 Å². The third-order valence-corrected chi connectivity index (χ3v) is 3.47. The highest BCUT2D eigenvalue weighted by molar-refractivity contribution is 6.30. The van der Waals surface area contributed by atoms with Crippen LogP contribution in [0.4, 0.5) is 4.79 Å². The minimum absolute atomic E-state index is 0.148. The summed E-state index contributed by atoms with van der Waals surface area (Å²) in [7, 11) is 1.59. The van der Waals surface area contributed by atoms with Gasteiger partial charge >= 0.3 is 6.09 Å². The molecule has 0 aliphatic rings. The smallest absolute Gasteiger partial charge is 0.409 e. The number of ether oxygens (including phenoxy) is 1. The molecule has 2 rings (SSSR count). The van der Waals surface area contributed by atoms with Gasteiger partial charge < -0.3 is 14.7 Å². The predicted octanol–water partition coefficient (Wildman–Crippen LogP) is 3.64. The summed E-state index contributed by atoms with van der Waals surface area (Å²) in [6.45, 7) is 0.357. The molecule has 116 valence electrons. The Balaban J connectivity index is 1.84. The Bertz CT molecular complexity index is 601. The van der Waals surface area contributed by atoms with E-state index in [0.717, 1.165) is 5.56 Å². The third kappa shape index (κ3) is 4.76. The van der Waals surface area contributed by atoms with Crippen molar-refractivity contribution in [1.82, 2.24) is 4.90 Å². The van der Waals surface area contributed by atoms with Crippen LogP contribution in [0, 0.1) is 0 Å². The molecule has 0 radical (unpaired) electrons. The van der Waals surface area contributed by atoms with Crippen molar-refractivity contribution in [2.75, 3.05) is 13.6 Å². The number of halogens is 1. The molecule has 0 saturated heterocycles. The second-order valence-electron chi connectivity index (χ2n) is 4.99. The lowest BCUT2D eigenvalue weighted by atomic mass is 10.1. The van der Waals surface area contributed by atoms with Crippen molar-refractivity contribution in [3.63, 3.8) is 0 Å². The average molecular weight is 320 g/mol. The van der Waals surface area contributed by atoms with Gasteiger partial charge in [0.25, 0.3) is 0 Å². The van der Waals surface area contributed by atoms with Gasteiger partial charge in [0.15, 0.2) is 0 Å². The van der Waals surface area contributed by atoms with Gasteiger partial charge in [-0.1, -0.05) is 54.1 Å². The SMILES string of the molecule is CN(CC(O)c1ccc(Cl)cc1)C(=O)OCc1ccccc1. The van der Waals surface area contributed by atoms with Crippen LogP contribution in [0.1, 0.15) is 17.2 Å². The number of rotatable bonds is 5. The fourth-order valence-corrected chi connectivity index (χ4v) is 2.08. The summed E-state index contributed by atoms with van der Waals surface area (Å²) in [5, 5.41) is 10.7. The number of likely N-dealkylation sites (N-methyl/N-ethyl adjacent to an activating group) is 1. The largest absolute Gasteiger partial charge is 0.445 e. The molecule has 0 bridgehead atoms. The van der Waals surface area contributed by atoms with Crippen LogP contribution in [0.3, 0.4) is 0 Å². The first-order valence-corrected chi connectivity index (χ1v) is 7.29. The molecule has 1 unspecified atom stereocenters. The summed E-state index contributed by atoms with van der Waals surface area (Å²) in [5.74, 6) is 0. The van der Waals surface area contributed by atoms with Crippen molar-refractivity contribution in [1.29, 1.82) is 0 Å². The maximum Gasteiger partial charge on any atom is 0.409 e. The van der Waals surface area contributed by atoms with E-state index in [1.807, 2.05) is 30.3 Å². The first kappa shape index (κ1) is 16.3. The molecule has 22 heavy (non-hydrogen) atoms. The Morgan fingerprint density at radius 2 is 1.82 bits per heavy atom. The minimum Gasteiger partial charge on any atom is -0.445 e. The van der Waals surface area contributed by atoms with Crippen LogP contribution in [0.5, 0.6) is 0 Å². The zero-order valence-corrected chi connectivity index (χ0v) is 13.0. The van der Waals surface area contributed by atoms with E-state index >= 15 is 0 Å². The number of benzene rings is 2. The van der Waals surface area contributed by atoms with Crippen LogP contribution < -0.4 is 0 Å². The Morgan fingerprint density at radius 3 is 2.45 bits per heavy atom. The van der Waals surface area contributed by atoms with Gasteiger partial charge in [-0.3, -0.25) is 0 Å². The second kappa shape index (κ2) is 7.82. The quantitative estimate of drug-likeness (QED) is 0.915. The summed E-state index contributed by atoms with van der Waals surface area (Å²) in [5.41, 5.74) is 1.62. The summed E-state index contributed by atoms with van der Waals surface area (Å²) in [4.78, 5) is 13.3. The fraction of sp³-hybridized carbons (Fsp3) is 0.235. The van der Waals surface area contributed by atoms with E-state index in [9.17, 15) is 9.90 Å². The zero-order chi connectivity index (χ0) is 15.9. The zero-order valence-electron chi connectivity index (χ0n) is 12.3. The van der Waals surface area contributed by atoms with Crippen LogP contribution in [-0.4, -0.2) is 29.7 Å². The van der Waals surface area contributed by atoms with Crippen molar-refractivity contribution in [2.45, 2.75) is 12.7 Å². The molecule has 2 aromatic carbocycles. The molecule has 1 N–H and O–H groups in total. The lowest BCUT2D eigenvalue weighted by Crippen LogP contribution is -2.31. The van der Waals surface area contributed by atoms with Gasteiger partial charge in [-0.25, -0.2) is 4.79 Å². The molecule has 4 nitrogen and oxygen atoms in total. The number of nitrogens with zero attached hydrogens (tertiary/aromatic N) is 1. The number of hydrogen-bond acceptors (Lipinski definition) is 3. The normalized spacial score (nSPS) is 11.8. The summed E-state index contributed by atoms with van der Waals surface area (Å²) in [6, 6.07) is 16.3. The van der Waals surface area contributed by atoms with Gasteiger partial charge in [-0.2, -0.15) is 0 Å². The number of hydrogen-bond donors (Lipinski definition) is 1. The van der Waals surface area contributed by atoms with Crippen LogP contribution in [-0.2, 0) is 11.3 Å². The molecule has 0 aromatic heterocycles. The Morgan fingerprint density at radius 1 is 1.18 bits per heavy atom. The van der Waals surface area contributed by atoms with E-state index < -0.39 is 12.2 Å². The lowest BCUT2D eigenvalue weighted by Gasteiger charge is -2.20. The van der Waals surface area contributed by atoms with Gasteiger partial charge in [-0.05, 0) is 23.3 Å². The standard InChI is InChI=1S/C17H18ClNO3/c1-19(11-16(20)14-7-9-15(18)10-8-14)17(21)22-12-13-5-3-2-4-6-13/h2-10,16,20H,11-12H2,1H3. The van der Waals surface area contributed by atoms with E-state index in [1.165, 1.54) is 4.90 Å². The van der Waals surface area contributed by atoms with Gasteiger partial charge in [0.2, 0.25) is 0 Å². The second-order valence-corrected chi connectivity index (χ2v) is 5.42. The lowest BCUT2D eigenvalue weighted by molar-refractivity contribution is 0.0787. The Hall–Kier alpha value is -2.04. The predicted molar refractivity (Wildman–Crippen MR) is 85.7 cm³/mol. The molecule has 1 atom stereocenters. The van der Waals surface area contributed by atoms with Crippen molar-refractivity contribution in [2.24, 2.45) is 0 Å². The van der Waals surface area contributed by atoms with Gasteiger partial charge in [0.05, 0.1) is 12.6 Å². The molecule has 0 fully saturated rings. The number of amides is 1. The third-order valence-electron chi connectivity index (χ3n) is 3.22. The van der Waals surface area contributed by atoms with Gasteiger partial charge in [-0.15, -0.1) is 0 Å². The summed E-state index contributed by atoms with van der Waals surface area (Å²) in [6.07, 6.45) is -1.26. The molecule has 0 aliphatic heterocycles. The molecule has 0 saturated carbocycles. The number of aliphatic hydroxyl groups excluding tert-OH is 1. The summed E-state index contributed by atoms with van der Waals surface area (Å²) >= 11 is 5.81. The highest BCUT2D eigenvalue weighted by Crippen LogP contribution is 2.17. The van der Waals surface area contributed by atoms with Crippen molar-refractivity contribution in [3.8, 4) is 0 Å². The van der Waals surface area contributed by atoms with E-state index in [4.69, 9.17) is 16.3 Å². The minimum atomic E-state index is -0.786. The topological polar surface area (TPSA) is 49.8 Å².